The molecule has 2 fully saturated rings. The van der Waals surface area contributed by atoms with Crippen molar-refractivity contribution in [2.75, 3.05) is 13.2 Å². The molecule has 0 aromatic carbocycles. The Morgan fingerprint density at radius 1 is 1.14 bits per heavy atom. The van der Waals surface area contributed by atoms with Crippen molar-refractivity contribution in [2.24, 2.45) is 11.3 Å². The highest BCUT2D eigenvalue weighted by molar-refractivity contribution is 5.80. The molecule has 0 aromatic heterocycles. The first-order chi connectivity index (χ1) is 10.5. The minimum atomic E-state index is -0.193. The van der Waals surface area contributed by atoms with Crippen LogP contribution in [0.5, 0.6) is 0 Å². The van der Waals surface area contributed by atoms with Gasteiger partial charge in [-0.3, -0.25) is 9.59 Å². The number of rotatable bonds is 6. The van der Waals surface area contributed by atoms with Crippen molar-refractivity contribution in [3.63, 3.8) is 0 Å². The van der Waals surface area contributed by atoms with Crippen molar-refractivity contribution in [1.82, 2.24) is 10.6 Å². The Hall–Kier alpha value is -1.10. The summed E-state index contributed by atoms with van der Waals surface area (Å²) in [4.78, 5) is 24.0. The molecule has 2 unspecified atom stereocenters. The molecule has 5 nitrogen and oxygen atoms in total. The normalized spacial score (nSPS) is 29.3. The maximum absolute atomic E-state index is 12.0. The van der Waals surface area contributed by atoms with Gasteiger partial charge in [0.25, 0.3) is 0 Å². The monoisotopic (exact) mass is 310 g/mol. The summed E-state index contributed by atoms with van der Waals surface area (Å²) in [6.07, 6.45) is 8.71. The first-order valence-corrected chi connectivity index (χ1v) is 8.73. The van der Waals surface area contributed by atoms with Crippen LogP contribution >= 0.6 is 0 Å². The predicted molar refractivity (Wildman–Crippen MR) is 85.2 cm³/mol. The van der Waals surface area contributed by atoms with Gasteiger partial charge in [-0.15, -0.1) is 0 Å². The van der Waals surface area contributed by atoms with Gasteiger partial charge in [-0.2, -0.15) is 0 Å². The SMILES string of the molecule is CC1(CO)CCCC1NC(=O)CCNC(=O)C1CCCCC1. The van der Waals surface area contributed by atoms with Crippen LogP contribution in [0.4, 0.5) is 0 Å². The lowest BCUT2D eigenvalue weighted by atomic mass is 9.86. The van der Waals surface area contributed by atoms with Crippen LogP contribution in [0.15, 0.2) is 0 Å². The Balaban J connectivity index is 1.66. The zero-order chi connectivity index (χ0) is 16.0. The molecular formula is C17H30N2O3. The van der Waals surface area contributed by atoms with Crippen LogP contribution in [0.3, 0.4) is 0 Å². The highest BCUT2D eigenvalue weighted by Gasteiger charge is 2.38. The summed E-state index contributed by atoms with van der Waals surface area (Å²) >= 11 is 0. The van der Waals surface area contributed by atoms with E-state index < -0.39 is 0 Å². The molecule has 2 atom stereocenters. The van der Waals surface area contributed by atoms with Crippen molar-refractivity contribution in [2.45, 2.75) is 70.8 Å². The van der Waals surface area contributed by atoms with E-state index in [-0.39, 0.29) is 35.8 Å². The first kappa shape index (κ1) is 17.3. The maximum Gasteiger partial charge on any atom is 0.223 e. The van der Waals surface area contributed by atoms with Gasteiger partial charge in [0.1, 0.15) is 0 Å². The van der Waals surface area contributed by atoms with Gasteiger partial charge >= 0.3 is 0 Å². The van der Waals surface area contributed by atoms with E-state index in [4.69, 9.17) is 0 Å². The second-order valence-electron chi connectivity index (χ2n) is 7.20. The van der Waals surface area contributed by atoms with E-state index in [1.807, 2.05) is 6.92 Å². The summed E-state index contributed by atoms with van der Waals surface area (Å²) < 4.78 is 0. The Morgan fingerprint density at radius 2 is 1.86 bits per heavy atom. The van der Waals surface area contributed by atoms with Crippen LogP contribution in [0.2, 0.25) is 0 Å². The average molecular weight is 310 g/mol. The van der Waals surface area contributed by atoms with Gasteiger partial charge in [-0.1, -0.05) is 32.6 Å². The third kappa shape index (κ3) is 4.45. The minimum Gasteiger partial charge on any atom is -0.396 e. The molecule has 2 aliphatic rings. The maximum atomic E-state index is 12.0. The summed E-state index contributed by atoms with van der Waals surface area (Å²) in [5, 5.41) is 15.4. The molecule has 0 aliphatic heterocycles. The molecule has 3 N–H and O–H groups in total. The Morgan fingerprint density at radius 3 is 2.55 bits per heavy atom. The van der Waals surface area contributed by atoms with Gasteiger partial charge in [0, 0.05) is 30.3 Å². The van der Waals surface area contributed by atoms with Crippen LogP contribution in [0, 0.1) is 11.3 Å². The summed E-state index contributed by atoms with van der Waals surface area (Å²) in [6, 6.07) is 0.0547. The molecule has 0 bridgehead atoms. The van der Waals surface area contributed by atoms with Crippen molar-refractivity contribution < 1.29 is 14.7 Å². The molecule has 5 heteroatoms. The molecule has 126 valence electrons. The van der Waals surface area contributed by atoms with Crippen LogP contribution in [-0.2, 0) is 9.59 Å². The van der Waals surface area contributed by atoms with E-state index in [0.717, 1.165) is 44.9 Å². The van der Waals surface area contributed by atoms with Crippen LogP contribution in [0.1, 0.15) is 64.7 Å². The number of aliphatic hydroxyl groups is 1. The lowest BCUT2D eigenvalue weighted by Gasteiger charge is -2.30. The second kappa shape index (κ2) is 7.95. The molecule has 0 spiro atoms. The molecular weight excluding hydrogens is 280 g/mol. The number of carbonyl (C=O) groups is 2. The molecule has 0 aromatic rings. The topological polar surface area (TPSA) is 78.4 Å². The highest BCUT2D eigenvalue weighted by atomic mass is 16.3. The lowest BCUT2D eigenvalue weighted by Crippen LogP contribution is -2.45. The number of hydrogen-bond acceptors (Lipinski definition) is 3. The van der Waals surface area contributed by atoms with E-state index in [1.165, 1.54) is 6.42 Å². The predicted octanol–water partition coefficient (Wildman–Crippen LogP) is 1.74. The largest absolute Gasteiger partial charge is 0.396 e. The summed E-state index contributed by atoms with van der Waals surface area (Å²) in [6.45, 7) is 2.54. The molecule has 2 aliphatic carbocycles. The van der Waals surface area contributed by atoms with E-state index in [9.17, 15) is 14.7 Å². The van der Waals surface area contributed by atoms with Gasteiger partial charge < -0.3 is 15.7 Å². The van der Waals surface area contributed by atoms with Crippen molar-refractivity contribution in [1.29, 1.82) is 0 Å². The number of carbonyl (C=O) groups excluding carboxylic acids is 2. The van der Waals surface area contributed by atoms with E-state index in [0.29, 0.717) is 13.0 Å². The molecule has 2 rings (SSSR count). The number of amides is 2. The van der Waals surface area contributed by atoms with E-state index in [2.05, 4.69) is 10.6 Å². The number of aliphatic hydroxyl groups excluding tert-OH is 1. The van der Waals surface area contributed by atoms with Crippen LogP contribution in [-0.4, -0.2) is 36.1 Å². The van der Waals surface area contributed by atoms with Crippen molar-refractivity contribution >= 4 is 11.8 Å². The first-order valence-electron chi connectivity index (χ1n) is 8.73. The lowest BCUT2D eigenvalue weighted by molar-refractivity contribution is -0.126. The smallest absolute Gasteiger partial charge is 0.223 e. The molecule has 0 radical (unpaired) electrons. The number of hydrogen-bond donors (Lipinski definition) is 3. The van der Waals surface area contributed by atoms with Crippen molar-refractivity contribution in [3.05, 3.63) is 0 Å². The fourth-order valence-electron chi connectivity index (χ4n) is 3.74. The zero-order valence-corrected chi connectivity index (χ0v) is 13.7. The third-order valence-corrected chi connectivity index (χ3v) is 5.41. The van der Waals surface area contributed by atoms with Gasteiger partial charge in [-0.25, -0.2) is 0 Å². The Kier molecular flexibility index (Phi) is 6.24. The minimum absolute atomic E-state index is 0.0319. The molecule has 0 heterocycles. The number of nitrogens with one attached hydrogen (secondary N) is 2. The van der Waals surface area contributed by atoms with Gasteiger partial charge in [0.2, 0.25) is 11.8 Å². The summed E-state index contributed by atoms with van der Waals surface area (Å²) in [5.41, 5.74) is -0.193. The average Bonchev–Trinajstić information content (AvgIpc) is 2.89. The third-order valence-electron chi connectivity index (χ3n) is 5.41. The zero-order valence-electron chi connectivity index (χ0n) is 13.7. The molecule has 2 amide bonds. The van der Waals surface area contributed by atoms with Gasteiger partial charge in [0.05, 0.1) is 6.61 Å². The van der Waals surface area contributed by atoms with E-state index >= 15 is 0 Å². The van der Waals surface area contributed by atoms with E-state index in [1.54, 1.807) is 0 Å². The van der Waals surface area contributed by atoms with Crippen LogP contribution in [0.25, 0.3) is 0 Å². The molecule has 0 saturated heterocycles. The standard InChI is InChI=1S/C17H30N2O3/c1-17(12-20)10-5-8-14(17)19-15(21)9-11-18-16(22)13-6-3-2-4-7-13/h13-14,20H,2-12H2,1H3,(H,18,22)(H,19,21). The van der Waals surface area contributed by atoms with Crippen molar-refractivity contribution in [3.8, 4) is 0 Å². The second-order valence-corrected chi connectivity index (χ2v) is 7.20. The Labute approximate surface area is 133 Å². The highest BCUT2D eigenvalue weighted by Crippen LogP contribution is 2.37. The Bertz CT molecular complexity index is 393. The summed E-state index contributed by atoms with van der Waals surface area (Å²) in [7, 11) is 0. The molecule has 2 saturated carbocycles. The fourth-order valence-corrected chi connectivity index (χ4v) is 3.74. The fraction of sp³-hybridized carbons (Fsp3) is 0.882. The summed E-state index contributed by atoms with van der Waals surface area (Å²) in [5.74, 6) is 0.216. The van der Waals surface area contributed by atoms with Gasteiger partial charge in [-0.05, 0) is 25.7 Å². The quantitative estimate of drug-likeness (QED) is 0.699. The van der Waals surface area contributed by atoms with Gasteiger partial charge in [0.15, 0.2) is 0 Å². The molecule has 22 heavy (non-hydrogen) atoms. The van der Waals surface area contributed by atoms with Crippen LogP contribution < -0.4 is 10.6 Å².